The number of hydrogen-bond acceptors (Lipinski definition) is 4. The number of fused-ring (bicyclic) bond motifs is 1. The lowest BCUT2D eigenvalue weighted by Gasteiger charge is -2.28. The number of nitrogens with two attached hydrogens (primary N) is 1. The third-order valence-electron chi connectivity index (χ3n) is 5.24. The van der Waals surface area contributed by atoms with Crippen molar-refractivity contribution in [3.05, 3.63) is 41.6 Å². The second-order valence-corrected chi connectivity index (χ2v) is 9.67. The molecule has 3 N–H and O–H groups in total. The zero-order valence-electron chi connectivity index (χ0n) is 18.2. The molecule has 29 heavy (non-hydrogen) atoms. The smallest absolute Gasteiger partial charge is 0.242 e. The minimum Gasteiger partial charge on any atom is -0.507 e. The van der Waals surface area contributed by atoms with Gasteiger partial charge < -0.3 is 10.8 Å². The Kier molecular flexibility index (Phi) is 4.93. The zero-order valence-corrected chi connectivity index (χ0v) is 18.2. The fourth-order valence-electron chi connectivity index (χ4n) is 3.49. The SMILES string of the molecule is CC(C(N)=O)n1nc(-c2cc(C(C)(C)C)c(O)c(C(C)(C)C)c2)c2cccnc21. The van der Waals surface area contributed by atoms with Gasteiger partial charge in [-0.2, -0.15) is 5.10 Å². The quantitative estimate of drug-likeness (QED) is 0.686. The molecule has 6 nitrogen and oxygen atoms in total. The Morgan fingerprint density at radius 1 is 1.10 bits per heavy atom. The van der Waals surface area contributed by atoms with Crippen molar-refractivity contribution < 1.29 is 9.90 Å². The van der Waals surface area contributed by atoms with Crippen LogP contribution < -0.4 is 5.73 Å². The van der Waals surface area contributed by atoms with Crippen LogP contribution in [0.1, 0.15) is 65.6 Å². The molecule has 0 fully saturated rings. The van der Waals surface area contributed by atoms with Crippen molar-refractivity contribution in [3.63, 3.8) is 0 Å². The standard InChI is InChI=1S/C23H30N4O2/c1-13(20(24)29)27-21-15(9-8-10-25-21)18(26-27)14-11-16(22(2,3)4)19(28)17(12-14)23(5,6)7/h8-13,28H,1-7H3,(H2,24,29). The summed E-state index contributed by atoms with van der Waals surface area (Å²) in [4.78, 5) is 16.2. The predicted octanol–water partition coefficient (Wildman–Crippen LogP) is 4.45. The van der Waals surface area contributed by atoms with Gasteiger partial charge in [-0.25, -0.2) is 9.67 Å². The van der Waals surface area contributed by atoms with Crippen LogP contribution in [0.5, 0.6) is 5.75 Å². The van der Waals surface area contributed by atoms with Gasteiger partial charge in [0.15, 0.2) is 5.65 Å². The van der Waals surface area contributed by atoms with Gasteiger partial charge in [0, 0.05) is 28.3 Å². The summed E-state index contributed by atoms with van der Waals surface area (Å²) in [5.41, 5.74) is 8.94. The summed E-state index contributed by atoms with van der Waals surface area (Å²) in [5, 5.41) is 16.6. The number of carbonyl (C=O) groups excluding carboxylic acids is 1. The molecule has 0 saturated carbocycles. The Labute approximate surface area is 171 Å². The van der Waals surface area contributed by atoms with Crippen LogP contribution in [0, 0.1) is 0 Å². The molecule has 0 radical (unpaired) electrons. The minimum atomic E-state index is -0.623. The molecular formula is C23H30N4O2. The van der Waals surface area contributed by atoms with Gasteiger partial charge in [-0.3, -0.25) is 4.79 Å². The lowest BCUT2D eigenvalue weighted by Crippen LogP contribution is -2.25. The number of carbonyl (C=O) groups is 1. The number of hydrogen-bond donors (Lipinski definition) is 2. The van der Waals surface area contributed by atoms with Crippen LogP contribution in [0.4, 0.5) is 0 Å². The molecular weight excluding hydrogens is 364 g/mol. The molecule has 6 heteroatoms. The molecule has 0 aliphatic carbocycles. The summed E-state index contributed by atoms with van der Waals surface area (Å²) in [5.74, 6) is -0.149. The Bertz CT molecular complexity index is 1050. The molecule has 0 bridgehead atoms. The van der Waals surface area contributed by atoms with Gasteiger partial charge in [-0.15, -0.1) is 0 Å². The van der Waals surface area contributed by atoms with E-state index in [1.165, 1.54) is 0 Å². The number of aromatic nitrogens is 3. The average molecular weight is 395 g/mol. The van der Waals surface area contributed by atoms with Crippen LogP contribution in [0.2, 0.25) is 0 Å². The van der Waals surface area contributed by atoms with E-state index in [2.05, 4.69) is 46.5 Å². The molecule has 2 heterocycles. The summed E-state index contributed by atoms with van der Waals surface area (Å²) in [6.45, 7) is 14.2. The van der Waals surface area contributed by atoms with Gasteiger partial charge >= 0.3 is 0 Å². The fraction of sp³-hybridized carbons (Fsp3) is 0.435. The lowest BCUT2D eigenvalue weighted by molar-refractivity contribution is -0.120. The van der Waals surface area contributed by atoms with Crippen molar-refractivity contribution in [2.45, 2.75) is 65.3 Å². The number of aromatic hydroxyl groups is 1. The van der Waals surface area contributed by atoms with Crippen LogP contribution in [0.3, 0.4) is 0 Å². The highest BCUT2D eigenvalue weighted by Crippen LogP contribution is 2.42. The molecule has 154 valence electrons. The molecule has 1 unspecified atom stereocenters. The molecule has 1 amide bonds. The van der Waals surface area contributed by atoms with Crippen molar-refractivity contribution in [3.8, 4) is 17.0 Å². The van der Waals surface area contributed by atoms with Gasteiger partial charge in [0.25, 0.3) is 0 Å². The zero-order chi connectivity index (χ0) is 21.7. The van der Waals surface area contributed by atoms with E-state index in [4.69, 9.17) is 10.8 Å². The maximum Gasteiger partial charge on any atom is 0.242 e. The Hall–Kier alpha value is -2.89. The summed E-state index contributed by atoms with van der Waals surface area (Å²) in [7, 11) is 0. The van der Waals surface area contributed by atoms with E-state index in [1.807, 2.05) is 24.3 Å². The molecule has 0 aliphatic rings. The second kappa shape index (κ2) is 6.87. The highest BCUT2D eigenvalue weighted by atomic mass is 16.3. The summed E-state index contributed by atoms with van der Waals surface area (Å²) in [6, 6.07) is 7.14. The predicted molar refractivity (Wildman–Crippen MR) is 116 cm³/mol. The van der Waals surface area contributed by atoms with E-state index < -0.39 is 11.9 Å². The molecule has 2 aromatic heterocycles. The van der Waals surface area contributed by atoms with Gasteiger partial charge in [-0.1, -0.05) is 41.5 Å². The van der Waals surface area contributed by atoms with E-state index in [0.29, 0.717) is 11.4 Å². The lowest BCUT2D eigenvalue weighted by atomic mass is 9.78. The van der Waals surface area contributed by atoms with E-state index >= 15 is 0 Å². The van der Waals surface area contributed by atoms with Crippen LogP contribution in [0.25, 0.3) is 22.3 Å². The Balaban J connectivity index is 2.37. The molecule has 0 aliphatic heterocycles. The van der Waals surface area contributed by atoms with E-state index in [0.717, 1.165) is 27.8 Å². The summed E-state index contributed by atoms with van der Waals surface area (Å²) < 4.78 is 1.58. The summed E-state index contributed by atoms with van der Waals surface area (Å²) >= 11 is 0. The van der Waals surface area contributed by atoms with Crippen molar-refractivity contribution in [2.24, 2.45) is 5.73 Å². The maximum absolute atomic E-state index is 11.8. The number of nitrogens with zero attached hydrogens (tertiary/aromatic N) is 3. The van der Waals surface area contributed by atoms with Gasteiger partial charge in [-0.05, 0) is 42.0 Å². The van der Waals surface area contributed by atoms with Gasteiger partial charge in [0.1, 0.15) is 17.5 Å². The first-order valence-electron chi connectivity index (χ1n) is 9.83. The van der Waals surface area contributed by atoms with Gasteiger partial charge in [0.2, 0.25) is 5.91 Å². The molecule has 1 aromatic carbocycles. The van der Waals surface area contributed by atoms with Crippen LogP contribution in [0.15, 0.2) is 30.5 Å². The number of benzene rings is 1. The second-order valence-electron chi connectivity index (χ2n) is 9.67. The third kappa shape index (κ3) is 3.71. The Morgan fingerprint density at radius 2 is 1.66 bits per heavy atom. The topological polar surface area (TPSA) is 94.0 Å². The van der Waals surface area contributed by atoms with E-state index in [-0.39, 0.29) is 10.8 Å². The number of phenols is 1. The molecule has 3 rings (SSSR count). The normalized spacial score (nSPS) is 13.6. The van der Waals surface area contributed by atoms with E-state index in [9.17, 15) is 9.90 Å². The van der Waals surface area contributed by atoms with E-state index in [1.54, 1.807) is 17.8 Å². The Morgan fingerprint density at radius 3 is 2.14 bits per heavy atom. The molecule has 0 spiro atoms. The molecule has 1 atom stereocenters. The highest BCUT2D eigenvalue weighted by molar-refractivity contribution is 5.93. The van der Waals surface area contributed by atoms with Gasteiger partial charge in [0.05, 0.1) is 0 Å². The summed E-state index contributed by atoms with van der Waals surface area (Å²) in [6.07, 6.45) is 1.68. The number of pyridine rings is 1. The van der Waals surface area contributed by atoms with Crippen LogP contribution in [-0.2, 0) is 15.6 Å². The number of rotatable bonds is 3. The highest BCUT2D eigenvalue weighted by Gasteiger charge is 2.28. The first-order chi connectivity index (χ1) is 13.3. The molecule has 0 saturated heterocycles. The van der Waals surface area contributed by atoms with Crippen LogP contribution >= 0.6 is 0 Å². The fourth-order valence-corrected chi connectivity index (χ4v) is 3.49. The van der Waals surface area contributed by atoms with Crippen LogP contribution in [-0.4, -0.2) is 25.8 Å². The number of primary amides is 1. The van der Waals surface area contributed by atoms with Crippen molar-refractivity contribution in [2.75, 3.05) is 0 Å². The first-order valence-corrected chi connectivity index (χ1v) is 9.83. The number of phenolic OH excluding ortho intramolecular Hbond substituents is 1. The van der Waals surface area contributed by atoms with Crippen molar-refractivity contribution >= 4 is 16.9 Å². The van der Waals surface area contributed by atoms with Crippen molar-refractivity contribution in [1.82, 2.24) is 14.8 Å². The number of amides is 1. The largest absolute Gasteiger partial charge is 0.507 e. The monoisotopic (exact) mass is 394 g/mol. The first kappa shape index (κ1) is 20.8. The average Bonchev–Trinajstić information content (AvgIpc) is 2.99. The van der Waals surface area contributed by atoms with Crippen molar-refractivity contribution in [1.29, 1.82) is 0 Å². The minimum absolute atomic E-state index is 0.253. The third-order valence-corrected chi connectivity index (χ3v) is 5.24. The maximum atomic E-state index is 11.8. The molecule has 3 aromatic rings.